The standard InChI is InChI=1S/C9H21NO2S/c1-8(7-13-4)10(2)5-9(11)6-12-3/h8-9,11H,5-7H2,1-4H3. The van der Waals surface area contributed by atoms with Crippen molar-refractivity contribution in [3.63, 3.8) is 0 Å². The fourth-order valence-corrected chi connectivity index (χ4v) is 1.86. The van der Waals surface area contributed by atoms with E-state index in [1.54, 1.807) is 7.11 Å². The van der Waals surface area contributed by atoms with Gasteiger partial charge in [0.05, 0.1) is 12.7 Å². The summed E-state index contributed by atoms with van der Waals surface area (Å²) < 4.78 is 4.86. The molecule has 0 aromatic heterocycles. The largest absolute Gasteiger partial charge is 0.389 e. The van der Waals surface area contributed by atoms with Gasteiger partial charge in [-0.2, -0.15) is 11.8 Å². The number of aliphatic hydroxyl groups excluding tert-OH is 1. The summed E-state index contributed by atoms with van der Waals surface area (Å²) in [5, 5.41) is 9.46. The molecule has 1 N–H and O–H groups in total. The molecule has 0 saturated heterocycles. The molecule has 0 aromatic carbocycles. The van der Waals surface area contributed by atoms with Crippen molar-refractivity contribution in [1.82, 2.24) is 4.90 Å². The first-order chi connectivity index (χ1) is 6.11. The lowest BCUT2D eigenvalue weighted by molar-refractivity contribution is 0.0378. The highest BCUT2D eigenvalue weighted by Gasteiger charge is 2.12. The highest BCUT2D eigenvalue weighted by atomic mass is 32.2. The van der Waals surface area contributed by atoms with Crippen LogP contribution in [0.3, 0.4) is 0 Å². The Morgan fingerprint density at radius 2 is 2.15 bits per heavy atom. The molecular weight excluding hydrogens is 186 g/mol. The molecule has 3 nitrogen and oxygen atoms in total. The average molecular weight is 207 g/mol. The first kappa shape index (κ1) is 13.2. The Morgan fingerprint density at radius 3 is 2.62 bits per heavy atom. The van der Waals surface area contributed by atoms with E-state index in [2.05, 4.69) is 18.1 Å². The lowest BCUT2D eigenvalue weighted by atomic mass is 10.3. The monoisotopic (exact) mass is 207 g/mol. The normalized spacial score (nSPS) is 16.2. The molecule has 0 aromatic rings. The third kappa shape index (κ3) is 6.32. The summed E-state index contributed by atoms with van der Waals surface area (Å²) in [6, 6.07) is 0.501. The second kappa shape index (κ2) is 7.62. The van der Waals surface area contributed by atoms with Crippen LogP contribution < -0.4 is 0 Å². The molecule has 0 heterocycles. The molecule has 0 radical (unpaired) electrons. The molecule has 0 aliphatic carbocycles. The van der Waals surface area contributed by atoms with E-state index in [1.165, 1.54) is 0 Å². The van der Waals surface area contributed by atoms with E-state index >= 15 is 0 Å². The van der Waals surface area contributed by atoms with E-state index in [0.29, 0.717) is 19.2 Å². The summed E-state index contributed by atoms with van der Waals surface area (Å²) in [6.45, 7) is 3.25. The molecule has 0 aliphatic heterocycles. The first-order valence-corrected chi connectivity index (χ1v) is 5.87. The van der Waals surface area contributed by atoms with E-state index in [1.807, 2.05) is 18.8 Å². The minimum atomic E-state index is -0.376. The van der Waals surface area contributed by atoms with Crippen LogP contribution in [0.2, 0.25) is 0 Å². The third-order valence-electron chi connectivity index (χ3n) is 2.02. The van der Waals surface area contributed by atoms with Crippen LogP contribution in [0.15, 0.2) is 0 Å². The zero-order valence-electron chi connectivity index (χ0n) is 8.99. The van der Waals surface area contributed by atoms with Crippen molar-refractivity contribution in [2.24, 2.45) is 0 Å². The van der Waals surface area contributed by atoms with Crippen molar-refractivity contribution >= 4 is 11.8 Å². The van der Waals surface area contributed by atoms with E-state index in [9.17, 15) is 5.11 Å². The van der Waals surface area contributed by atoms with Gasteiger partial charge >= 0.3 is 0 Å². The Bertz CT molecular complexity index is 124. The van der Waals surface area contributed by atoms with E-state index in [0.717, 1.165) is 5.75 Å². The molecule has 0 spiro atoms. The minimum Gasteiger partial charge on any atom is -0.389 e. The molecule has 2 atom stereocenters. The molecule has 4 heteroatoms. The van der Waals surface area contributed by atoms with E-state index in [-0.39, 0.29) is 6.10 Å². The number of likely N-dealkylation sites (N-methyl/N-ethyl adjacent to an activating group) is 1. The third-order valence-corrected chi connectivity index (χ3v) is 2.83. The number of aliphatic hydroxyl groups is 1. The quantitative estimate of drug-likeness (QED) is 0.665. The van der Waals surface area contributed by atoms with Crippen molar-refractivity contribution < 1.29 is 9.84 Å². The molecule has 0 bridgehead atoms. The summed E-state index contributed by atoms with van der Waals surface area (Å²) in [7, 11) is 3.63. The Morgan fingerprint density at radius 1 is 1.54 bits per heavy atom. The first-order valence-electron chi connectivity index (χ1n) is 4.48. The van der Waals surface area contributed by atoms with Gasteiger partial charge in [0.25, 0.3) is 0 Å². The number of ether oxygens (including phenoxy) is 1. The lowest BCUT2D eigenvalue weighted by Crippen LogP contribution is -2.38. The maximum atomic E-state index is 9.46. The van der Waals surface area contributed by atoms with Crippen molar-refractivity contribution in [1.29, 1.82) is 0 Å². The summed E-state index contributed by atoms with van der Waals surface area (Å²) in [4.78, 5) is 2.15. The van der Waals surface area contributed by atoms with Gasteiger partial charge in [0.1, 0.15) is 0 Å². The van der Waals surface area contributed by atoms with Gasteiger partial charge in [-0.3, -0.25) is 0 Å². The Labute approximate surface area is 85.4 Å². The van der Waals surface area contributed by atoms with Gasteiger partial charge in [-0.25, -0.2) is 0 Å². The summed E-state index contributed by atoms with van der Waals surface area (Å²) >= 11 is 1.82. The fraction of sp³-hybridized carbons (Fsp3) is 1.00. The van der Waals surface area contributed by atoms with Crippen LogP contribution >= 0.6 is 11.8 Å². The second-order valence-electron chi connectivity index (χ2n) is 3.35. The molecule has 80 valence electrons. The van der Waals surface area contributed by atoms with Gasteiger partial charge in [0, 0.05) is 25.4 Å². The number of rotatable bonds is 7. The topological polar surface area (TPSA) is 32.7 Å². The predicted molar refractivity (Wildman–Crippen MR) is 58.4 cm³/mol. The van der Waals surface area contributed by atoms with Gasteiger partial charge < -0.3 is 14.7 Å². The molecule has 0 saturated carbocycles. The molecular formula is C9H21NO2S. The number of thioether (sulfide) groups is 1. The predicted octanol–water partition coefficient (Wildman–Crippen LogP) is 0.677. The van der Waals surface area contributed by atoms with Crippen LogP contribution in [0.1, 0.15) is 6.92 Å². The Hall–Kier alpha value is 0.230. The van der Waals surface area contributed by atoms with Crippen molar-refractivity contribution in [2.75, 3.05) is 39.3 Å². The number of nitrogens with zero attached hydrogens (tertiary/aromatic N) is 1. The lowest BCUT2D eigenvalue weighted by Gasteiger charge is -2.26. The van der Waals surface area contributed by atoms with Crippen LogP contribution in [-0.4, -0.2) is 61.5 Å². The summed E-state index contributed by atoms with van der Waals surface area (Å²) in [5.74, 6) is 1.09. The van der Waals surface area contributed by atoms with Crippen molar-refractivity contribution in [3.05, 3.63) is 0 Å². The smallest absolute Gasteiger partial charge is 0.0900 e. The number of methoxy groups -OCH3 is 1. The number of hydrogen-bond acceptors (Lipinski definition) is 4. The van der Waals surface area contributed by atoms with Crippen molar-refractivity contribution in [3.8, 4) is 0 Å². The maximum Gasteiger partial charge on any atom is 0.0900 e. The minimum absolute atomic E-state index is 0.376. The average Bonchev–Trinajstić information content (AvgIpc) is 2.05. The van der Waals surface area contributed by atoms with Crippen LogP contribution in [0.25, 0.3) is 0 Å². The zero-order chi connectivity index (χ0) is 10.3. The highest BCUT2D eigenvalue weighted by Crippen LogP contribution is 2.04. The molecule has 0 fully saturated rings. The van der Waals surface area contributed by atoms with E-state index in [4.69, 9.17) is 4.74 Å². The molecule has 0 aliphatic rings. The van der Waals surface area contributed by atoms with Gasteiger partial charge in [-0.1, -0.05) is 0 Å². The van der Waals surface area contributed by atoms with Crippen LogP contribution in [0.5, 0.6) is 0 Å². The summed E-state index contributed by atoms with van der Waals surface area (Å²) in [6.07, 6.45) is 1.72. The van der Waals surface area contributed by atoms with Crippen molar-refractivity contribution in [2.45, 2.75) is 19.1 Å². The SMILES string of the molecule is COCC(O)CN(C)C(C)CSC. The molecule has 2 unspecified atom stereocenters. The maximum absolute atomic E-state index is 9.46. The van der Waals surface area contributed by atoms with Gasteiger partial charge in [0.2, 0.25) is 0 Å². The fourth-order valence-electron chi connectivity index (χ4n) is 1.13. The number of hydrogen-bond donors (Lipinski definition) is 1. The molecule has 13 heavy (non-hydrogen) atoms. The molecule has 0 rings (SSSR count). The van der Waals surface area contributed by atoms with Crippen LogP contribution in [-0.2, 0) is 4.74 Å². The van der Waals surface area contributed by atoms with E-state index < -0.39 is 0 Å². The van der Waals surface area contributed by atoms with Crippen LogP contribution in [0, 0.1) is 0 Å². The Kier molecular flexibility index (Phi) is 7.75. The Balaban J connectivity index is 3.64. The molecule has 0 amide bonds. The van der Waals surface area contributed by atoms with Gasteiger partial charge in [-0.05, 0) is 20.2 Å². The van der Waals surface area contributed by atoms with Gasteiger partial charge in [0.15, 0.2) is 0 Å². The zero-order valence-corrected chi connectivity index (χ0v) is 9.80. The highest BCUT2D eigenvalue weighted by molar-refractivity contribution is 7.98. The van der Waals surface area contributed by atoms with Crippen LogP contribution in [0.4, 0.5) is 0 Å². The summed E-state index contributed by atoms with van der Waals surface area (Å²) in [5.41, 5.74) is 0. The second-order valence-corrected chi connectivity index (χ2v) is 4.26. The van der Waals surface area contributed by atoms with Gasteiger partial charge in [-0.15, -0.1) is 0 Å².